The van der Waals surface area contributed by atoms with Gasteiger partial charge in [-0.25, -0.2) is 4.39 Å². The van der Waals surface area contributed by atoms with Crippen molar-refractivity contribution in [2.45, 2.75) is 46.0 Å². The number of rotatable bonds is 5. The first-order valence-electron chi connectivity index (χ1n) is 6.92. The summed E-state index contributed by atoms with van der Waals surface area (Å²) in [6, 6.07) is 6.90. The summed E-state index contributed by atoms with van der Waals surface area (Å²) in [5.74, 6) is -0.160. The largest absolute Gasteiger partial charge is 0.207 e. The van der Waals surface area contributed by atoms with E-state index in [0.717, 1.165) is 18.4 Å². The minimum atomic E-state index is -0.160. The van der Waals surface area contributed by atoms with Crippen LogP contribution in [0.3, 0.4) is 0 Å². The van der Waals surface area contributed by atoms with Crippen LogP contribution >= 0.6 is 0 Å². The average molecular weight is 244 g/mol. The zero-order chi connectivity index (χ0) is 13.0. The van der Waals surface area contributed by atoms with E-state index in [1.807, 2.05) is 12.1 Å². The molecule has 18 heavy (non-hydrogen) atoms. The fraction of sp³-hybridized carbons (Fsp3) is 0.412. The summed E-state index contributed by atoms with van der Waals surface area (Å²) in [7, 11) is 0. The first-order chi connectivity index (χ1) is 8.74. The number of hydrogen-bond acceptors (Lipinski definition) is 0. The number of hydrogen-bond donors (Lipinski definition) is 0. The van der Waals surface area contributed by atoms with Gasteiger partial charge in [0.25, 0.3) is 0 Å². The number of benzene rings is 1. The zero-order valence-electron chi connectivity index (χ0n) is 11.3. The molecule has 0 heterocycles. The first kappa shape index (κ1) is 13.1. The first-order valence-corrected chi connectivity index (χ1v) is 6.92. The van der Waals surface area contributed by atoms with Crippen molar-refractivity contribution < 1.29 is 4.39 Å². The van der Waals surface area contributed by atoms with E-state index in [2.05, 4.69) is 19.9 Å². The highest BCUT2D eigenvalue weighted by Crippen LogP contribution is 2.36. The number of allylic oxidation sites excluding steroid dienone is 4. The van der Waals surface area contributed by atoms with Gasteiger partial charge in [0, 0.05) is 0 Å². The van der Waals surface area contributed by atoms with E-state index >= 15 is 0 Å². The lowest BCUT2D eigenvalue weighted by atomic mass is 9.99. The minimum absolute atomic E-state index is 0.160. The van der Waals surface area contributed by atoms with Crippen molar-refractivity contribution in [3.05, 3.63) is 52.9 Å². The smallest absolute Gasteiger partial charge is 0.123 e. The molecular weight excluding hydrogens is 223 g/mol. The maximum absolute atomic E-state index is 13.0. The maximum Gasteiger partial charge on any atom is 0.123 e. The summed E-state index contributed by atoms with van der Waals surface area (Å²) in [6.07, 6.45) is 8.14. The second-order valence-corrected chi connectivity index (χ2v) is 5.00. The Bertz CT molecular complexity index is 463. The van der Waals surface area contributed by atoms with Gasteiger partial charge in [-0.3, -0.25) is 0 Å². The van der Waals surface area contributed by atoms with Crippen molar-refractivity contribution in [1.29, 1.82) is 0 Å². The molecule has 1 heteroatoms. The summed E-state index contributed by atoms with van der Waals surface area (Å²) in [5, 5.41) is 0. The Labute approximate surface area is 109 Å². The highest BCUT2D eigenvalue weighted by Gasteiger charge is 2.16. The molecule has 0 spiro atoms. The fourth-order valence-corrected chi connectivity index (χ4v) is 2.65. The van der Waals surface area contributed by atoms with Gasteiger partial charge in [-0.2, -0.15) is 0 Å². The molecule has 0 aliphatic heterocycles. The molecule has 0 N–H and O–H groups in total. The topological polar surface area (TPSA) is 0 Å². The van der Waals surface area contributed by atoms with Crippen molar-refractivity contribution in [3.63, 3.8) is 0 Å². The highest BCUT2D eigenvalue weighted by atomic mass is 19.1. The van der Waals surface area contributed by atoms with Gasteiger partial charge in [0.05, 0.1) is 0 Å². The highest BCUT2D eigenvalue weighted by molar-refractivity contribution is 5.80. The minimum Gasteiger partial charge on any atom is -0.207 e. The van der Waals surface area contributed by atoms with Crippen molar-refractivity contribution in [1.82, 2.24) is 0 Å². The van der Waals surface area contributed by atoms with Crippen molar-refractivity contribution in [2.24, 2.45) is 0 Å². The van der Waals surface area contributed by atoms with Crippen LogP contribution in [0.25, 0.3) is 5.57 Å². The maximum atomic E-state index is 13.0. The second-order valence-electron chi connectivity index (χ2n) is 5.00. The SMILES string of the molecule is CCCC1=CC(c2ccc(F)cc2)=C(CCC)C1. The third-order valence-electron chi connectivity index (χ3n) is 3.45. The standard InChI is InChI=1S/C17H21F/c1-3-5-13-11-15(6-4-2)17(12-13)14-7-9-16(18)10-8-14/h7-10,12H,3-6,11H2,1-2H3. The molecule has 0 fully saturated rings. The third-order valence-corrected chi connectivity index (χ3v) is 3.45. The lowest BCUT2D eigenvalue weighted by Gasteiger charge is -2.06. The quantitative estimate of drug-likeness (QED) is 0.640. The van der Waals surface area contributed by atoms with Crippen LogP contribution in [0.4, 0.5) is 4.39 Å². The molecule has 0 atom stereocenters. The van der Waals surface area contributed by atoms with Crippen LogP contribution in [0.2, 0.25) is 0 Å². The van der Waals surface area contributed by atoms with Crippen molar-refractivity contribution >= 4 is 5.57 Å². The molecule has 0 saturated carbocycles. The molecule has 1 aliphatic carbocycles. The van der Waals surface area contributed by atoms with Gasteiger partial charge in [0.2, 0.25) is 0 Å². The molecule has 1 aromatic rings. The third kappa shape index (κ3) is 2.90. The van der Waals surface area contributed by atoms with Crippen molar-refractivity contribution in [3.8, 4) is 0 Å². The summed E-state index contributed by atoms with van der Waals surface area (Å²) in [5.41, 5.74) is 5.54. The Morgan fingerprint density at radius 2 is 1.67 bits per heavy atom. The van der Waals surface area contributed by atoms with Crippen LogP contribution in [0.1, 0.15) is 51.5 Å². The molecule has 96 valence electrons. The molecule has 2 rings (SSSR count). The molecule has 1 aromatic carbocycles. The lowest BCUT2D eigenvalue weighted by molar-refractivity contribution is 0.627. The Morgan fingerprint density at radius 1 is 1.00 bits per heavy atom. The van der Waals surface area contributed by atoms with Crippen molar-refractivity contribution in [2.75, 3.05) is 0 Å². The van der Waals surface area contributed by atoms with E-state index in [-0.39, 0.29) is 5.82 Å². The van der Waals surface area contributed by atoms with E-state index in [0.29, 0.717) is 0 Å². The van der Waals surface area contributed by atoms with E-state index in [1.54, 1.807) is 12.1 Å². The monoisotopic (exact) mass is 244 g/mol. The second kappa shape index (κ2) is 5.99. The molecule has 0 saturated heterocycles. The fourth-order valence-electron chi connectivity index (χ4n) is 2.65. The molecule has 0 amide bonds. The van der Waals surface area contributed by atoms with E-state index < -0.39 is 0 Å². The predicted octanol–water partition coefficient (Wildman–Crippen LogP) is 5.51. The van der Waals surface area contributed by atoms with Crippen LogP contribution < -0.4 is 0 Å². The molecular formula is C17H21F. The summed E-state index contributed by atoms with van der Waals surface area (Å²) >= 11 is 0. The van der Waals surface area contributed by atoms with E-state index in [1.165, 1.54) is 36.0 Å². The van der Waals surface area contributed by atoms with Crippen LogP contribution in [-0.4, -0.2) is 0 Å². The summed E-state index contributed by atoms with van der Waals surface area (Å²) in [6.45, 7) is 4.43. The Hall–Kier alpha value is -1.37. The van der Waals surface area contributed by atoms with Crippen LogP contribution in [0.5, 0.6) is 0 Å². The predicted molar refractivity (Wildman–Crippen MR) is 75.8 cm³/mol. The van der Waals surface area contributed by atoms with E-state index in [9.17, 15) is 4.39 Å². The average Bonchev–Trinajstić information content (AvgIpc) is 2.74. The molecule has 0 aromatic heterocycles. The molecule has 0 bridgehead atoms. The van der Waals surface area contributed by atoms with Gasteiger partial charge >= 0.3 is 0 Å². The van der Waals surface area contributed by atoms with Gasteiger partial charge in [-0.1, -0.05) is 56.0 Å². The van der Waals surface area contributed by atoms with Gasteiger partial charge in [0.15, 0.2) is 0 Å². The molecule has 0 unspecified atom stereocenters. The van der Waals surface area contributed by atoms with Gasteiger partial charge in [-0.05, 0) is 42.5 Å². The Morgan fingerprint density at radius 3 is 2.28 bits per heavy atom. The lowest BCUT2D eigenvalue weighted by Crippen LogP contribution is -1.86. The summed E-state index contributed by atoms with van der Waals surface area (Å²) < 4.78 is 13.0. The van der Waals surface area contributed by atoms with Gasteiger partial charge < -0.3 is 0 Å². The Balaban J connectivity index is 2.29. The van der Waals surface area contributed by atoms with Crippen LogP contribution in [-0.2, 0) is 0 Å². The number of halogens is 1. The van der Waals surface area contributed by atoms with Gasteiger partial charge in [-0.15, -0.1) is 0 Å². The normalized spacial score (nSPS) is 15.2. The summed E-state index contributed by atoms with van der Waals surface area (Å²) in [4.78, 5) is 0. The molecule has 0 nitrogen and oxygen atoms in total. The van der Waals surface area contributed by atoms with Crippen LogP contribution in [0, 0.1) is 5.82 Å². The molecule has 1 aliphatic rings. The Kier molecular flexibility index (Phi) is 4.35. The molecule has 0 radical (unpaired) electrons. The van der Waals surface area contributed by atoms with Crippen LogP contribution in [0.15, 0.2) is 41.5 Å². The van der Waals surface area contributed by atoms with E-state index in [4.69, 9.17) is 0 Å². The zero-order valence-corrected chi connectivity index (χ0v) is 11.3. The van der Waals surface area contributed by atoms with Gasteiger partial charge in [0.1, 0.15) is 5.82 Å².